The van der Waals surface area contributed by atoms with E-state index in [-0.39, 0.29) is 17.9 Å². The first kappa shape index (κ1) is 16.0. The Kier molecular flexibility index (Phi) is 6.84. The Morgan fingerprint density at radius 2 is 2.00 bits per heavy atom. The van der Waals surface area contributed by atoms with Crippen LogP contribution in [-0.4, -0.2) is 42.5 Å². The van der Waals surface area contributed by atoms with Gasteiger partial charge < -0.3 is 15.4 Å². The van der Waals surface area contributed by atoms with Gasteiger partial charge in [0.05, 0.1) is 6.61 Å². The van der Waals surface area contributed by atoms with E-state index < -0.39 is 0 Å². The lowest BCUT2D eigenvalue weighted by Crippen LogP contribution is -2.49. The van der Waals surface area contributed by atoms with E-state index in [1.54, 1.807) is 6.92 Å². The van der Waals surface area contributed by atoms with Crippen LogP contribution >= 0.6 is 0 Å². The summed E-state index contributed by atoms with van der Waals surface area (Å²) in [5, 5.41) is 0. The van der Waals surface area contributed by atoms with E-state index in [1.165, 1.54) is 0 Å². The molecule has 1 amide bonds. The summed E-state index contributed by atoms with van der Waals surface area (Å²) in [4.78, 5) is 25.1. The molecule has 2 unspecified atom stereocenters. The fourth-order valence-corrected chi connectivity index (χ4v) is 2.59. The molecule has 1 rings (SSSR count). The second-order valence-corrected chi connectivity index (χ2v) is 5.25. The van der Waals surface area contributed by atoms with Crippen molar-refractivity contribution in [2.24, 2.45) is 11.7 Å². The lowest BCUT2D eigenvalue weighted by Gasteiger charge is -2.36. The van der Waals surface area contributed by atoms with Crippen LogP contribution in [0.5, 0.6) is 0 Å². The van der Waals surface area contributed by atoms with E-state index in [0.29, 0.717) is 31.9 Å². The molecule has 0 aromatic carbocycles. The second kappa shape index (κ2) is 8.15. The van der Waals surface area contributed by atoms with Gasteiger partial charge in [-0.15, -0.1) is 0 Å². The molecule has 5 nitrogen and oxygen atoms in total. The van der Waals surface area contributed by atoms with Crippen molar-refractivity contribution in [1.82, 2.24) is 4.90 Å². The van der Waals surface area contributed by atoms with Gasteiger partial charge in [0.25, 0.3) is 0 Å². The molecular weight excluding hydrogens is 244 g/mol. The Labute approximate surface area is 115 Å². The second-order valence-electron chi connectivity index (χ2n) is 5.25. The van der Waals surface area contributed by atoms with E-state index in [4.69, 9.17) is 10.5 Å². The summed E-state index contributed by atoms with van der Waals surface area (Å²) in [6.45, 7) is 5.60. The Hall–Kier alpha value is -1.10. The normalized spacial score (nSPS) is 23.2. The highest BCUT2D eigenvalue weighted by molar-refractivity contribution is 5.76. The maximum absolute atomic E-state index is 11.9. The molecule has 1 fully saturated rings. The zero-order chi connectivity index (χ0) is 14.3. The molecule has 0 spiro atoms. The Balaban J connectivity index is 2.41. The third kappa shape index (κ3) is 5.59. The maximum Gasteiger partial charge on any atom is 0.305 e. The molecule has 0 saturated carbocycles. The van der Waals surface area contributed by atoms with Gasteiger partial charge in [-0.1, -0.05) is 6.92 Å². The number of esters is 1. The third-order valence-electron chi connectivity index (χ3n) is 3.45. The molecule has 0 aromatic rings. The molecule has 0 radical (unpaired) electrons. The monoisotopic (exact) mass is 270 g/mol. The van der Waals surface area contributed by atoms with Crippen LogP contribution in [0, 0.1) is 5.92 Å². The minimum atomic E-state index is -0.159. The standard InChI is InChI=1S/C14H26N2O3/c1-3-5-13(17)16-9-11(8-12(15)10-16)6-7-14(18)19-4-2/h11-12H,3-10,15H2,1-2H3. The molecule has 1 heterocycles. The van der Waals surface area contributed by atoms with E-state index in [9.17, 15) is 9.59 Å². The smallest absolute Gasteiger partial charge is 0.305 e. The molecular formula is C14H26N2O3. The maximum atomic E-state index is 11.9. The molecule has 0 bridgehead atoms. The van der Waals surface area contributed by atoms with E-state index in [1.807, 2.05) is 11.8 Å². The van der Waals surface area contributed by atoms with E-state index in [2.05, 4.69) is 0 Å². The number of carbonyl (C=O) groups excluding carboxylic acids is 2. The first-order chi connectivity index (χ1) is 9.06. The molecule has 2 N–H and O–H groups in total. The topological polar surface area (TPSA) is 72.6 Å². The number of piperidine rings is 1. The SMILES string of the molecule is CCCC(=O)N1CC(N)CC(CCC(=O)OCC)C1. The number of rotatable bonds is 6. The minimum absolute atomic E-state index is 0.0294. The number of amides is 1. The van der Waals surface area contributed by atoms with Crippen molar-refractivity contribution in [3.63, 3.8) is 0 Å². The number of carbonyl (C=O) groups is 2. The van der Waals surface area contributed by atoms with Crippen LogP contribution in [0.4, 0.5) is 0 Å². The largest absolute Gasteiger partial charge is 0.466 e. The van der Waals surface area contributed by atoms with Gasteiger partial charge in [0, 0.05) is 32.0 Å². The summed E-state index contributed by atoms with van der Waals surface area (Å²) in [5.41, 5.74) is 6.00. The molecule has 110 valence electrons. The molecule has 0 aromatic heterocycles. The van der Waals surface area contributed by atoms with Crippen LogP contribution in [0.1, 0.15) is 46.0 Å². The Morgan fingerprint density at radius 3 is 2.63 bits per heavy atom. The van der Waals surface area contributed by atoms with Crippen molar-refractivity contribution >= 4 is 11.9 Å². The van der Waals surface area contributed by atoms with Gasteiger partial charge in [-0.05, 0) is 32.1 Å². The van der Waals surface area contributed by atoms with Crippen LogP contribution < -0.4 is 5.73 Å². The summed E-state index contributed by atoms with van der Waals surface area (Å²) in [7, 11) is 0. The average Bonchev–Trinajstić information content (AvgIpc) is 2.36. The summed E-state index contributed by atoms with van der Waals surface area (Å²) in [6.07, 6.45) is 3.49. The molecule has 2 atom stereocenters. The van der Waals surface area contributed by atoms with Crippen LogP contribution in [-0.2, 0) is 14.3 Å². The minimum Gasteiger partial charge on any atom is -0.466 e. The highest BCUT2D eigenvalue weighted by Crippen LogP contribution is 2.21. The van der Waals surface area contributed by atoms with E-state index in [0.717, 1.165) is 25.8 Å². The first-order valence-electron chi connectivity index (χ1n) is 7.25. The molecule has 1 aliphatic heterocycles. The zero-order valence-electron chi connectivity index (χ0n) is 12.1. The van der Waals surface area contributed by atoms with Crippen LogP contribution in [0.15, 0.2) is 0 Å². The Morgan fingerprint density at radius 1 is 1.26 bits per heavy atom. The summed E-state index contributed by atoms with van der Waals surface area (Å²) in [5.74, 6) is 0.334. The van der Waals surface area contributed by atoms with E-state index >= 15 is 0 Å². The predicted molar refractivity (Wildman–Crippen MR) is 73.4 cm³/mol. The van der Waals surface area contributed by atoms with Crippen molar-refractivity contribution in [2.75, 3.05) is 19.7 Å². The van der Waals surface area contributed by atoms with Crippen LogP contribution in [0.25, 0.3) is 0 Å². The van der Waals surface area contributed by atoms with Gasteiger partial charge >= 0.3 is 5.97 Å². The van der Waals surface area contributed by atoms with Gasteiger partial charge in [0.15, 0.2) is 0 Å². The van der Waals surface area contributed by atoms with Gasteiger partial charge in [-0.25, -0.2) is 0 Å². The van der Waals surface area contributed by atoms with Gasteiger partial charge in [0.2, 0.25) is 5.91 Å². The quantitative estimate of drug-likeness (QED) is 0.738. The van der Waals surface area contributed by atoms with Crippen molar-refractivity contribution < 1.29 is 14.3 Å². The number of hydrogen-bond donors (Lipinski definition) is 1. The van der Waals surface area contributed by atoms with Crippen molar-refractivity contribution in [3.05, 3.63) is 0 Å². The predicted octanol–water partition coefficient (Wildman–Crippen LogP) is 1.31. The lowest BCUT2D eigenvalue weighted by molar-refractivity contribution is -0.143. The molecule has 5 heteroatoms. The highest BCUT2D eigenvalue weighted by atomic mass is 16.5. The molecule has 19 heavy (non-hydrogen) atoms. The number of hydrogen-bond acceptors (Lipinski definition) is 4. The zero-order valence-corrected chi connectivity index (χ0v) is 12.1. The number of nitrogens with two attached hydrogens (primary N) is 1. The van der Waals surface area contributed by atoms with Crippen molar-refractivity contribution in [1.29, 1.82) is 0 Å². The van der Waals surface area contributed by atoms with Gasteiger partial charge in [-0.2, -0.15) is 0 Å². The molecule has 0 aliphatic carbocycles. The fourth-order valence-electron chi connectivity index (χ4n) is 2.59. The number of likely N-dealkylation sites (tertiary alicyclic amines) is 1. The Bertz CT molecular complexity index is 307. The summed E-state index contributed by atoms with van der Waals surface area (Å²) in [6, 6.07) is 0.0294. The molecule has 1 aliphatic rings. The molecule has 1 saturated heterocycles. The van der Waals surface area contributed by atoms with Crippen molar-refractivity contribution in [3.8, 4) is 0 Å². The number of ether oxygens (including phenoxy) is 1. The summed E-state index contributed by atoms with van der Waals surface area (Å²) >= 11 is 0. The van der Waals surface area contributed by atoms with Crippen molar-refractivity contribution in [2.45, 2.75) is 52.0 Å². The van der Waals surface area contributed by atoms with Gasteiger partial charge in [-0.3, -0.25) is 9.59 Å². The van der Waals surface area contributed by atoms with Crippen LogP contribution in [0.2, 0.25) is 0 Å². The lowest BCUT2D eigenvalue weighted by atomic mass is 9.90. The first-order valence-corrected chi connectivity index (χ1v) is 7.25. The number of nitrogens with zero attached hydrogens (tertiary/aromatic N) is 1. The van der Waals surface area contributed by atoms with Gasteiger partial charge in [0.1, 0.15) is 0 Å². The summed E-state index contributed by atoms with van der Waals surface area (Å²) < 4.78 is 4.92. The third-order valence-corrected chi connectivity index (χ3v) is 3.45. The average molecular weight is 270 g/mol. The van der Waals surface area contributed by atoms with Crippen LogP contribution in [0.3, 0.4) is 0 Å². The fraction of sp³-hybridized carbons (Fsp3) is 0.857. The highest BCUT2D eigenvalue weighted by Gasteiger charge is 2.27.